The standard InChI is InChI=1S/C28H21F3N4O2/c1-37-25-8-7-17(13-24(36)18-4-2-5-20(14-18)28(29,30)31)12-19(25)15-23-21(6-3-10-32-23)26-27-22(9-11-33-27)34-16-35-26/h2-8,10-12,14,16H,9,13,15H2,1H3. The molecule has 0 spiro atoms. The number of hydrogen-bond acceptors (Lipinski definition) is 6. The van der Waals surface area contributed by atoms with Crippen molar-refractivity contribution in [3.8, 4) is 17.0 Å². The topological polar surface area (TPSA) is 77.3 Å². The average Bonchev–Trinajstić information content (AvgIpc) is 3.38. The van der Waals surface area contributed by atoms with Crippen LogP contribution in [0.3, 0.4) is 0 Å². The zero-order valence-electron chi connectivity index (χ0n) is 19.8. The van der Waals surface area contributed by atoms with Crippen LogP contribution < -0.4 is 4.74 Å². The largest absolute Gasteiger partial charge is 0.496 e. The fraction of sp³-hybridized carbons (Fsp3) is 0.179. The molecule has 0 radical (unpaired) electrons. The molecule has 0 unspecified atom stereocenters. The van der Waals surface area contributed by atoms with Gasteiger partial charge in [0.2, 0.25) is 0 Å². The highest BCUT2D eigenvalue weighted by molar-refractivity contribution is 5.97. The smallest absolute Gasteiger partial charge is 0.416 e. The Morgan fingerprint density at radius 2 is 1.89 bits per heavy atom. The van der Waals surface area contributed by atoms with E-state index in [0.717, 1.165) is 40.3 Å². The summed E-state index contributed by atoms with van der Waals surface area (Å²) in [6.45, 7) is 0. The van der Waals surface area contributed by atoms with Gasteiger partial charge >= 0.3 is 6.18 Å². The monoisotopic (exact) mass is 502 g/mol. The molecule has 1 aliphatic rings. The molecule has 0 N–H and O–H groups in total. The number of nitrogens with zero attached hydrogens (tertiary/aromatic N) is 4. The summed E-state index contributed by atoms with van der Waals surface area (Å²) in [5, 5.41) is 0. The summed E-state index contributed by atoms with van der Waals surface area (Å²) in [5.74, 6) is 0.202. The summed E-state index contributed by atoms with van der Waals surface area (Å²) in [6.07, 6.45) is 1.47. The number of pyridine rings is 1. The highest BCUT2D eigenvalue weighted by atomic mass is 19.4. The minimum Gasteiger partial charge on any atom is -0.496 e. The Balaban J connectivity index is 1.45. The molecule has 1 aliphatic heterocycles. The van der Waals surface area contributed by atoms with E-state index in [-0.39, 0.29) is 12.0 Å². The summed E-state index contributed by atoms with van der Waals surface area (Å²) >= 11 is 0. The zero-order chi connectivity index (χ0) is 26.0. The molecule has 0 bridgehead atoms. The lowest BCUT2D eigenvalue weighted by atomic mass is 9.96. The Kier molecular flexibility index (Phi) is 6.52. The van der Waals surface area contributed by atoms with Gasteiger partial charge in [0.25, 0.3) is 0 Å². The van der Waals surface area contributed by atoms with Crippen LogP contribution >= 0.6 is 0 Å². The second-order valence-electron chi connectivity index (χ2n) is 8.53. The van der Waals surface area contributed by atoms with Gasteiger partial charge in [-0.15, -0.1) is 0 Å². The Morgan fingerprint density at radius 1 is 1.03 bits per heavy atom. The third kappa shape index (κ3) is 5.11. The van der Waals surface area contributed by atoms with Gasteiger partial charge in [0.1, 0.15) is 23.5 Å². The van der Waals surface area contributed by atoms with Crippen LogP contribution in [-0.2, 0) is 25.4 Å². The summed E-state index contributed by atoms with van der Waals surface area (Å²) in [7, 11) is 1.55. The molecule has 5 rings (SSSR count). The fourth-order valence-corrected chi connectivity index (χ4v) is 4.33. The van der Waals surface area contributed by atoms with E-state index < -0.39 is 17.5 Å². The van der Waals surface area contributed by atoms with Gasteiger partial charge in [-0.05, 0) is 35.9 Å². The number of Topliss-reactive ketones (excluding diaryl/α,β-unsaturated/α-hetero) is 1. The number of aromatic nitrogens is 3. The Hall–Kier alpha value is -4.40. The predicted octanol–water partition coefficient (Wildman–Crippen LogP) is 5.84. The molecule has 3 heterocycles. The van der Waals surface area contributed by atoms with Crippen molar-refractivity contribution < 1.29 is 22.7 Å². The molecule has 0 fully saturated rings. The number of alkyl halides is 3. The van der Waals surface area contributed by atoms with Crippen molar-refractivity contribution in [3.05, 3.63) is 101 Å². The van der Waals surface area contributed by atoms with Crippen LogP contribution in [0.25, 0.3) is 11.3 Å². The maximum Gasteiger partial charge on any atom is 0.416 e. The third-order valence-electron chi connectivity index (χ3n) is 6.13. The van der Waals surface area contributed by atoms with Crippen LogP contribution in [-0.4, -0.2) is 34.1 Å². The number of benzene rings is 2. The normalized spacial score (nSPS) is 12.4. The second kappa shape index (κ2) is 9.93. The van der Waals surface area contributed by atoms with Crippen molar-refractivity contribution >= 4 is 17.7 Å². The van der Waals surface area contributed by atoms with Gasteiger partial charge in [-0.25, -0.2) is 9.97 Å². The molecule has 0 saturated heterocycles. The first-order chi connectivity index (χ1) is 17.8. The highest BCUT2D eigenvalue weighted by Crippen LogP contribution is 2.36. The van der Waals surface area contributed by atoms with Gasteiger partial charge in [0, 0.05) is 48.4 Å². The lowest BCUT2D eigenvalue weighted by Gasteiger charge is -2.14. The molecule has 0 atom stereocenters. The molecule has 186 valence electrons. The van der Waals surface area contributed by atoms with E-state index in [9.17, 15) is 18.0 Å². The first kappa shape index (κ1) is 24.3. The van der Waals surface area contributed by atoms with Crippen LogP contribution in [0.15, 0.2) is 72.1 Å². The molecule has 9 heteroatoms. The minimum absolute atomic E-state index is 0.0115. The molecule has 2 aromatic carbocycles. The summed E-state index contributed by atoms with van der Waals surface area (Å²) in [5.41, 5.74) is 4.43. The molecule has 6 nitrogen and oxygen atoms in total. The van der Waals surface area contributed by atoms with Gasteiger partial charge in [-0.1, -0.05) is 24.3 Å². The van der Waals surface area contributed by atoms with Crippen molar-refractivity contribution in [1.29, 1.82) is 0 Å². The number of carbonyl (C=O) groups excluding carboxylic acids is 1. The SMILES string of the molecule is COc1ccc(CC(=O)c2cccc(C(F)(F)F)c2)cc1Cc1ncccc1-c1ncnc2c1N=CC2. The number of carbonyl (C=O) groups is 1. The van der Waals surface area contributed by atoms with Gasteiger partial charge in [0.15, 0.2) is 5.78 Å². The Bertz CT molecular complexity index is 1520. The van der Waals surface area contributed by atoms with E-state index in [1.54, 1.807) is 31.7 Å². The second-order valence-corrected chi connectivity index (χ2v) is 8.53. The van der Waals surface area contributed by atoms with Crippen molar-refractivity contribution in [1.82, 2.24) is 15.0 Å². The predicted molar refractivity (Wildman–Crippen MR) is 132 cm³/mol. The van der Waals surface area contributed by atoms with Crippen LogP contribution in [0, 0.1) is 0 Å². The number of aliphatic imine (C=N–C) groups is 1. The van der Waals surface area contributed by atoms with E-state index in [2.05, 4.69) is 19.9 Å². The van der Waals surface area contributed by atoms with Gasteiger partial charge in [-0.2, -0.15) is 13.2 Å². The van der Waals surface area contributed by atoms with Crippen molar-refractivity contribution in [2.45, 2.75) is 25.4 Å². The molecule has 0 aliphatic carbocycles. The van der Waals surface area contributed by atoms with Crippen molar-refractivity contribution in [3.63, 3.8) is 0 Å². The van der Waals surface area contributed by atoms with Crippen LogP contribution in [0.1, 0.15) is 38.4 Å². The van der Waals surface area contributed by atoms with E-state index in [4.69, 9.17) is 4.74 Å². The average molecular weight is 502 g/mol. The summed E-state index contributed by atoms with van der Waals surface area (Å²) < 4.78 is 44.8. The molecular weight excluding hydrogens is 481 g/mol. The number of methoxy groups -OCH3 is 1. The molecule has 0 saturated carbocycles. The van der Waals surface area contributed by atoms with Gasteiger partial charge in [0.05, 0.1) is 24.1 Å². The lowest BCUT2D eigenvalue weighted by Crippen LogP contribution is -2.09. The lowest BCUT2D eigenvalue weighted by molar-refractivity contribution is -0.137. The van der Waals surface area contributed by atoms with E-state index in [1.165, 1.54) is 18.5 Å². The van der Waals surface area contributed by atoms with Gasteiger partial charge in [-0.3, -0.25) is 14.8 Å². The van der Waals surface area contributed by atoms with Crippen molar-refractivity contribution in [2.24, 2.45) is 4.99 Å². The molecule has 4 aromatic rings. The Morgan fingerprint density at radius 3 is 2.70 bits per heavy atom. The third-order valence-corrected chi connectivity index (χ3v) is 6.13. The van der Waals surface area contributed by atoms with Crippen molar-refractivity contribution in [2.75, 3.05) is 7.11 Å². The maximum atomic E-state index is 13.1. The quantitative estimate of drug-likeness (QED) is 0.297. The first-order valence-electron chi connectivity index (χ1n) is 11.5. The fourth-order valence-electron chi connectivity index (χ4n) is 4.33. The summed E-state index contributed by atoms with van der Waals surface area (Å²) in [6, 6.07) is 13.5. The number of hydrogen-bond donors (Lipinski definition) is 0. The van der Waals surface area contributed by atoms with Crippen LogP contribution in [0.2, 0.25) is 0 Å². The number of ketones is 1. The van der Waals surface area contributed by atoms with Gasteiger partial charge < -0.3 is 4.74 Å². The van der Waals surface area contributed by atoms with E-state index in [1.807, 2.05) is 18.2 Å². The minimum atomic E-state index is -4.51. The zero-order valence-corrected chi connectivity index (χ0v) is 19.8. The summed E-state index contributed by atoms with van der Waals surface area (Å²) in [4.78, 5) is 30.6. The number of ether oxygens (including phenoxy) is 1. The Labute approximate surface area is 210 Å². The molecule has 37 heavy (non-hydrogen) atoms. The number of rotatable bonds is 7. The number of halogens is 3. The molecule has 2 aromatic heterocycles. The van der Waals surface area contributed by atoms with Crippen LogP contribution in [0.5, 0.6) is 5.75 Å². The van der Waals surface area contributed by atoms with E-state index >= 15 is 0 Å². The highest BCUT2D eigenvalue weighted by Gasteiger charge is 2.31. The van der Waals surface area contributed by atoms with E-state index in [0.29, 0.717) is 29.8 Å². The molecule has 0 amide bonds. The van der Waals surface area contributed by atoms with Crippen LogP contribution in [0.4, 0.5) is 18.9 Å². The first-order valence-corrected chi connectivity index (χ1v) is 11.5. The number of fused-ring (bicyclic) bond motifs is 1. The molecular formula is C28H21F3N4O2. The maximum absolute atomic E-state index is 13.1.